The average Bonchev–Trinajstić information content (AvgIpc) is 2.21. The second kappa shape index (κ2) is 11.9. The summed E-state index contributed by atoms with van der Waals surface area (Å²) in [6, 6.07) is 0. The number of unbranched alkanes of at least 4 members (excludes halogenated alkanes) is 1. The lowest BCUT2D eigenvalue weighted by molar-refractivity contribution is 0.343. The summed E-state index contributed by atoms with van der Waals surface area (Å²) in [4.78, 5) is 0. The first-order valence-electron chi connectivity index (χ1n) is 5.16. The van der Waals surface area contributed by atoms with Gasteiger partial charge in [0.25, 0.3) is 0 Å². The zero-order chi connectivity index (χ0) is 10.5. The van der Waals surface area contributed by atoms with Crippen molar-refractivity contribution in [1.82, 2.24) is 0 Å². The van der Waals surface area contributed by atoms with Gasteiger partial charge in [-0.15, -0.1) is 0 Å². The van der Waals surface area contributed by atoms with Gasteiger partial charge in [0.1, 0.15) is 0 Å². The van der Waals surface area contributed by atoms with Crippen molar-refractivity contribution in [2.75, 3.05) is 6.61 Å². The lowest BCUT2D eigenvalue weighted by Gasteiger charge is -1.84. The Kier molecular flexibility index (Phi) is 11.0. The molecule has 0 atom stereocenters. The van der Waals surface area contributed by atoms with Crippen LogP contribution in [0.15, 0.2) is 48.6 Å². The Morgan fingerprint density at radius 2 is 1.43 bits per heavy atom. The SMILES string of the molecule is CC/C=C\CC/C=C/C=C\C=C\CO. The van der Waals surface area contributed by atoms with Gasteiger partial charge in [-0.05, 0) is 19.3 Å². The van der Waals surface area contributed by atoms with Gasteiger partial charge < -0.3 is 5.11 Å². The van der Waals surface area contributed by atoms with E-state index in [9.17, 15) is 0 Å². The maximum Gasteiger partial charge on any atom is 0.0615 e. The normalized spacial score (nSPS) is 13.0. The van der Waals surface area contributed by atoms with Crippen molar-refractivity contribution in [3.05, 3.63) is 48.6 Å². The molecule has 0 saturated heterocycles. The molecule has 0 bridgehead atoms. The molecule has 14 heavy (non-hydrogen) atoms. The van der Waals surface area contributed by atoms with Crippen molar-refractivity contribution in [1.29, 1.82) is 0 Å². The minimum absolute atomic E-state index is 0.107. The van der Waals surface area contributed by atoms with E-state index in [1.807, 2.05) is 24.3 Å². The molecule has 0 aliphatic carbocycles. The topological polar surface area (TPSA) is 20.2 Å². The molecule has 1 nitrogen and oxygen atoms in total. The van der Waals surface area contributed by atoms with Crippen molar-refractivity contribution in [3.8, 4) is 0 Å². The summed E-state index contributed by atoms with van der Waals surface area (Å²) in [6.07, 6.45) is 19.3. The number of hydrogen-bond acceptors (Lipinski definition) is 1. The molecule has 0 aliphatic heterocycles. The summed E-state index contributed by atoms with van der Waals surface area (Å²) in [7, 11) is 0. The van der Waals surface area contributed by atoms with E-state index < -0.39 is 0 Å². The van der Waals surface area contributed by atoms with Gasteiger partial charge in [-0.2, -0.15) is 0 Å². The lowest BCUT2D eigenvalue weighted by atomic mass is 10.2. The van der Waals surface area contributed by atoms with Gasteiger partial charge in [0, 0.05) is 0 Å². The summed E-state index contributed by atoms with van der Waals surface area (Å²) in [6.45, 7) is 2.25. The number of aliphatic hydroxyl groups is 1. The maximum atomic E-state index is 8.44. The van der Waals surface area contributed by atoms with E-state index in [0.29, 0.717) is 0 Å². The number of aliphatic hydroxyl groups excluding tert-OH is 1. The van der Waals surface area contributed by atoms with E-state index in [1.54, 1.807) is 6.08 Å². The van der Waals surface area contributed by atoms with Gasteiger partial charge in [0.15, 0.2) is 0 Å². The predicted molar refractivity (Wildman–Crippen MR) is 63.2 cm³/mol. The standard InChI is InChI=1S/C13H20O/c1-2-3-4-5-6-7-8-9-10-11-12-13-14/h3-4,7-12,14H,2,5-6,13H2,1H3/b4-3-,8-7+,10-9-,12-11+. The van der Waals surface area contributed by atoms with Crippen LogP contribution in [0.4, 0.5) is 0 Å². The number of hydrogen-bond donors (Lipinski definition) is 1. The third-order valence-electron chi connectivity index (χ3n) is 1.61. The van der Waals surface area contributed by atoms with Gasteiger partial charge in [-0.1, -0.05) is 55.5 Å². The molecular formula is C13H20O. The Balaban J connectivity index is 3.39. The molecule has 0 radical (unpaired) electrons. The van der Waals surface area contributed by atoms with Crippen LogP contribution in [0, 0.1) is 0 Å². The van der Waals surface area contributed by atoms with E-state index in [1.165, 1.54) is 0 Å². The largest absolute Gasteiger partial charge is 0.392 e. The minimum Gasteiger partial charge on any atom is -0.392 e. The Bertz CT molecular complexity index is 209. The summed E-state index contributed by atoms with van der Waals surface area (Å²) >= 11 is 0. The molecular weight excluding hydrogens is 172 g/mol. The molecule has 0 aromatic heterocycles. The van der Waals surface area contributed by atoms with Crippen molar-refractivity contribution >= 4 is 0 Å². The molecule has 78 valence electrons. The van der Waals surface area contributed by atoms with Crippen LogP contribution in [0.2, 0.25) is 0 Å². The fourth-order valence-corrected chi connectivity index (χ4v) is 0.919. The lowest BCUT2D eigenvalue weighted by Crippen LogP contribution is -1.67. The molecule has 0 amide bonds. The molecule has 0 heterocycles. The summed E-state index contributed by atoms with van der Waals surface area (Å²) in [5, 5.41) is 8.44. The van der Waals surface area contributed by atoms with Crippen molar-refractivity contribution in [2.24, 2.45) is 0 Å². The van der Waals surface area contributed by atoms with Gasteiger partial charge in [0.05, 0.1) is 6.61 Å². The molecule has 0 fully saturated rings. The van der Waals surface area contributed by atoms with Crippen molar-refractivity contribution < 1.29 is 5.11 Å². The van der Waals surface area contributed by atoms with Gasteiger partial charge >= 0.3 is 0 Å². The third-order valence-corrected chi connectivity index (χ3v) is 1.61. The molecule has 0 rings (SSSR count). The zero-order valence-corrected chi connectivity index (χ0v) is 8.89. The zero-order valence-electron chi connectivity index (χ0n) is 8.89. The van der Waals surface area contributed by atoms with Crippen LogP contribution in [0.3, 0.4) is 0 Å². The fraction of sp³-hybridized carbons (Fsp3) is 0.385. The van der Waals surface area contributed by atoms with Gasteiger partial charge in [0.2, 0.25) is 0 Å². The smallest absolute Gasteiger partial charge is 0.0615 e. The Morgan fingerprint density at radius 3 is 2.07 bits per heavy atom. The highest BCUT2D eigenvalue weighted by Crippen LogP contribution is 1.94. The Hall–Kier alpha value is -1.08. The van der Waals surface area contributed by atoms with Gasteiger partial charge in [-0.25, -0.2) is 0 Å². The van der Waals surface area contributed by atoms with E-state index in [4.69, 9.17) is 5.11 Å². The maximum absolute atomic E-state index is 8.44. The molecule has 0 aliphatic rings. The molecule has 0 aromatic carbocycles. The third kappa shape index (κ3) is 10.9. The Labute approximate surface area is 87.2 Å². The van der Waals surface area contributed by atoms with Crippen LogP contribution >= 0.6 is 0 Å². The van der Waals surface area contributed by atoms with E-state index in [-0.39, 0.29) is 6.61 Å². The number of allylic oxidation sites excluding steroid dienone is 7. The predicted octanol–water partition coefficient (Wildman–Crippen LogP) is 3.39. The quantitative estimate of drug-likeness (QED) is 0.372. The van der Waals surface area contributed by atoms with Gasteiger partial charge in [-0.3, -0.25) is 0 Å². The van der Waals surface area contributed by atoms with E-state index in [0.717, 1.165) is 19.3 Å². The molecule has 1 N–H and O–H groups in total. The molecule has 1 heteroatoms. The summed E-state index contributed by atoms with van der Waals surface area (Å²) < 4.78 is 0. The molecule has 0 unspecified atom stereocenters. The number of rotatable bonds is 7. The van der Waals surface area contributed by atoms with Crippen LogP contribution in [0.5, 0.6) is 0 Å². The van der Waals surface area contributed by atoms with Crippen LogP contribution in [-0.2, 0) is 0 Å². The highest BCUT2D eigenvalue weighted by Gasteiger charge is 1.74. The second-order valence-electron chi connectivity index (χ2n) is 2.88. The first-order valence-corrected chi connectivity index (χ1v) is 5.16. The molecule has 0 spiro atoms. The van der Waals surface area contributed by atoms with Crippen LogP contribution < -0.4 is 0 Å². The van der Waals surface area contributed by atoms with Crippen LogP contribution in [0.25, 0.3) is 0 Å². The second-order valence-corrected chi connectivity index (χ2v) is 2.88. The minimum atomic E-state index is 0.107. The fourth-order valence-electron chi connectivity index (χ4n) is 0.919. The average molecular weight is 192 g/mol. The molecule has 0 aromatic rings. The van der Waals surface area contributed by atoms with E-state index >= 15 is 0 Å². The van der Waals surface area contributed by atoms with Crippen molar-refractivity contribution in [2.45, 2.75) is 26.2 Å². The summed E-state index contributed by atoms with van der Waals surface area (Å²) in [5.41, 5.74) is 0. The highest BCUT2D eigenvalue weighted by molar-refractivity contribution is 5.11. The van der Waals surface area contributed by atoms with Crippen molar-refractivity contribution in [3.63, 3.8) is 0 Å². The Morgan fingerprint density at radius 1 is 0.786 bits per heavy atom. The monoisotopic (exact) mass is 192 g/mol. The van der Waals surface area contributed by atoms with Crippen LogP contribution in [0.1, 0.15) is 26.2 Å². The molecule has 0 saturated carbocycles. The van der Waals surface area contributed by atoms with Crippen LogP contribution in [-0.4, -0.2) is 11.7 Å². The first kappa shape index (κ1) is 12.9. The summed E-state index contributed by atoms with van der Waals surface area (Å²) in [5.74, 6) is 0. The van der Waals surface area contributed by atoms with E-state index in [2.05, 4.69) is 25.2 Å². The highest BCUT2D eigenvalue weighted by atomic mass is 16.2. The first-order chi connectivity index (χ1) is 6.91.